The SMILES string of the molecule is O=C(Nc1ccc(C(=O)O)cc1)Nc1cc(F)ccc1F. The predicted octanol–water partition coefficient (Wildman–Crippen LogP) is 3.31. The van der Waals surface area contributed by atoms with E-state index in [1.807, 2.05) is 0 Å². The lowest BCUT2D eigenvalue weighted by molar-refractivity contribution is 0.0697. The highest BCUT2D eigenvalue weighted by Gasteiger charge is 2.09. The highest BCUT2D eigenvalue weighted by Crippen LogP contribution is 2.16. The van der Waals surface area contributed by atoms with Crippen LogP contribution in [0.3, 0.4) is 0 Å². The number of anilines is 2. The van der Waals surface area contributed by atoms with E-state index in [0.717, 1.165) is 18.2 Å². The van der Waals surface area contributed by atoms with Crippen LogP contribution < -0.4 is 10.6 Å². The van der Waals surface area contributed by atoms with Gasteiger partial charge < -0.3 is 15.7 Å². The highest BCUT2D eigenvalue weighted by molar-refractivity contribution is 6.00. The zero-order valence-corrected chi connectivity index (χ0v) is 10.6. The molecule has 2 rings (SSSR count). The zero-order valence-electron chi connectivity index (χ0n) is 10.6. The maximum absolute atomic E-state index is 13.3. The molecule has 5 nitrogen and oxygen atoms in total. The van der Waals surface area contributed by atoms with E-state index < -0.39 is 23.6 Å². The van der Waals surface area contributed by atoms with Crippen LogP contribution in [-0.2, 0) is 0 Å². The fourth-order valence-electron chi connectivity index (χ4n) is 1.57. The molecule has 0 atom stereocenters. The molecule has 2 amide bonds. The first-order valence-electron chi connectivity index (χ1n) is 5.82. The summed E-state index contributed by atoms with van der Waals surface area (Å²) in [7, 11) is 0. The Bertz CT molecular complexity index is 687. The van der Waals surface area contributed by atoms with E-state index in [4.69, 9.17) is 5.11 Å². The Hall–Kier alpha value is -2.96. The van der Waals surface area contributed by atoms with Crippen LogP contribution in [0.2, 0.25) is 0 Å². The molecule has 0 saturated carbocycles. The van der Waals surface area contributed by atoms with Gasteiger partial charge in [0, 0.05) is 11.8 Å². The summed E-state index contributed by atoms with van der Waals surface area (Å²) in [6, 6.07) is 7.28. The van der Waals surface area contributed by atoms with Gasteiger partial charge in [-0.05, 0) is 36.4 Å². The third-order valence-electron chi connectivity index (χ3n) is 2.57. The van der Waals surface area contributed by atoms with Crippen LogP contribution >= 0.6 is 0 Å². The molecule has 0 heterocycles. The molecule has 0 unspecified atom stereocenters. The third-order valence-corrected chi connectivity index (χ3v) is 2.57. The lowest BCUT2D eigenvalue weighted by Crippen LogP contribution is -2.20. The van der Waals surface area contributed by atoms with Gasteiger partial charge in [-0.15, -0.1) is 0 Å². The van der Waals surface area contributed by atoms with Gasteiger partial charge in [0.2, 0.25) is 0 Å². The number of carboxylic acid groups (broad SMARTS) is 1. The third kappa shape index (κ3) is 3.75. The maximum atomic E-state index is 13.3. The van der Waals surface area contributed by atoms with Crippen molar-refractivity contribution >= 4 is 23.4 Å². The first kappa shape index (κ1) is 14.4. The first-order chi connectivity index (χ1) is 9.95. The maximum Gasteiger partial charge on any atom is 0.335 e. The number of rotatable bonds is 3. The summed E-state index contributed by atoms with van der Waals surface area (Å²) in [6.45, 7) is 0. The van der Waals surface area contributed by atoms with Crippen LogP contribution in [0, 0.1) is 11.6 Å². The fourth-order valence-corrected chi connectivity index (χ4v) is 1.57. The Morgan fingerprint density at radius 2 is 1.62 bits per heavy atom. The van der Waals surface area contributed by atoms with Crippen molar-refractivity contribution in [3.63, 3.8) is 0 Å². The number of benzene rings is 2. The van der Waals surface area contributed by atoms with Gasteiger partial charge in [-0.3, -0.25) is 0 Å². The average Bonchev–Trinajstić information content (AvgIpc) is 2.43. The van der Waals surface area contributed by atoms with Crippen molar-refractivity contribution in [2.45, 2.75) is 0 Å². The molecule has 0 aliphatic heterocycles. The number of urea groups is 1. The smallest absolute Gasteiger partial charge is 0.335 e. The monoisotopic (exact) mass is 292 g/mol. The molecule has 0 spiro atoms. The number of halogens is 2. The van der Waals surface area contributed by atoms with E-state index in [0.29, 0.717) is 5.69 Å². The topological polar surface area (TPSA) is 78.4 Å². The van der Waals surface area contributed by atoms with Crippen LogP contribution in [0.5, 0.6) is 0 Å². The number of amides is 2. The van der Waals surface area contributed by atoms with Crippen molar-refractivity contribution < 1.29 is 23.5 Å². The van der Waals surface area contributed by atoms with Crippen LogP contribution in [-0.4, -0.2) is 17.1 Å². The van der Waals surface area contributed by atoms with Crippen LogP contribution in [0.1, 0.15) is 10.4 Å². The largest absolute Gasteiger partial charge is 0.478 e. The van der Waals surface area contributed by atoms with Crippen LogP contribution in [0.15, 0.2) is 42.5 Å². The van der Waals surface area contributed by atoms with E-state index in [-0.39, 0.29) is 11.3 Å². The van der Waals surface area contributed by atoms with Gasteiger partial charge in [0.05, 0.1) is 11.3 Å². The van der Waals surface area contributed by atoms with E-state index in [9.17, 15) is 18.4 Å². The Labute approximate surface area is 118 Å². The van der Waals surface area contributed by atoms with E-state index in [1.165, 1.54) is 24.3 Å². The number of aromatic carboxylic acids is 1. The number of carbonyl (C=O) groups is 2. The van der Waals surface area contributed by atoms with Gasteiger partial charge in [0.1, 0.15) is 11.6 Å². The normalized spacial score (nSPS) is 10.0. The summed E-state index contributed by atoms with van der Waals surface area (Å²) in [5.41, 5.74) is 0.0844. The summed E-state index contributed by atoms with van der Waals surface area (Å²) in [5.74, 6) is -2.54. The minimum absolute atomic E-state index is 0.0668. The number of carboxylic acids is 1. The van der Waals surface area contributed by atoms with E-state index in [1.54, 1.807) is 0 Å². The molecule has 0 aliphatic rings. The summed E-state index contributed by atoms with van der Waals surface area (Å²) >= 11 is 0. The van der Waals surface area contributed by atoms with Crippen LogP contribution in [0.25, 0.3) is 0 Å². The van der Waals surface area contributed by atoms with E-state index in [2.05, 4.69) is 10.6 Å². The number of carbonyl (C=O) groups excluding carboxylic acids is 1. The van der Waals surface area contributed by atoms with Crippen LogP contribution in [0.4, 0.5) is 25.0 Å². The molecule has 2 aromatic rings. The van der Waals surface area contributed by atoms with Gasteiger partial charge in [0.25, 0.3) is 0 Å². The number of hydrogen-bond donors (Lipinski definition) is 3. The molecule has 0 bridgehead atoms. The van der Waals surface area contributed by atoms with Crippen molar-refractivity contribution in [3.05, 3.63) is 59.7 Å². The summed E-state index contributed by atoms with van der Waals surface area (Å²) in [6.07, 6.45) is 0. The molecule has 0 saturated heterocycles. The zero-order chi connectivity index (χ0) is 15.4. The number of nitrogens with one attached hydrogen (secondary N) is 2. The van der Waals surface area contributed by atoms with Crippen molar-refractivity contribution in [1.29, 1.82) is 0 Å². The lowest BCUT2D eigenvalue weighted by Gasteiger charge is -2.08. The molecular formula is C14H10F2N2O3. The van der Waals surface area contributed by atoms with Crippen molar-refractivity contribution in [3.8, 4) is 0 Å². The Balaban J connectivity index is 2.04. The predicted molar refractivity (Wildman–Crippen MR) is 72.4 cm³/mol. The molecule has 21 heavy (non-hydrogen) atoms. The van der Waals surface area contributed by atoms with Gasteiger partial charge in [-0.25, -0.2) is 18.4 Å². The summed E-state index contributed by atoms with van der Waals surface area (Å²) in [4.78, 5) is 22.3. The minimum atomic E-state index is -1.09. The second-order valence-corrected chi connectivity index (χ2v) is 4.09. The molecule has 7 heteroatoms. The Morgan fingerprint density at radius 3 is 2.24 bits per heavy atom. The number of hydrogen-bond acceptors (Lipinski definition) is 2. The molecular weight excluding hydrogens is 282 g/mol. The van der Waals surface area contributed by atoms with Crippen molar-refractivity contribution in [1.82, 2.24) is 0 Å². The van der Waals surface area contributed by atoms with Crippen molar-refractivity contribution in [2.24, 2.45) is 0 Å². The molecule has 0 aliphatic carbocycles. The molecule has 108 valence electrons. The lowest BCUT2D eigenvalue weighted by atomic mass is 10.2. The quantitative estimate of drug-likeness (QED) is 0.812. The summed E-state index contributed by atoms with van der Waals surface area (Å²) < 4.78 is 26.3. The van der Waals surface area contributed by atoms with Gasteiger partial charge in [-0.2, -0.15) is 0 Å². The second-order valence-electron chi connectivity index (χ2n) is 4.09. The molecule has 0 aromatic heterocycles. The first-order valence-corrected chi connectivity index (χ1v) is 5.82. The molecule has 2 aromatic carbocycles. The molecule has 0 fully saturated rings. The van der Waals surface area contributed by atoms with Crippen molar-refractivity contribution in [2.75, 3.05) is 10.6 Å². The van der Waals surface area contributed by atoms with Gasteiger partial charge in [-0.1, -0.05) is 0 Å². The van der Waals surface area contributed by atoms with Gasteiger partial charge in [0.15, 0.2) is 0 Å². The standard InChI is InChI=1S/C14H10F2N2O3/c15-9-3-6-11(16)12(7-9)18-14(21)17-10-4-1-8(2-5-10)13(19)20/h1-7H,(H,19,20)(H2,17,18,21). The molecule has 3 N–H and O–H groups in total. The van der Waals surface area contributed by atoms with E-state index >= 15 is 0 Å². The Morgan fingerprint density at radius 1 is 0.952 bits per heavy atom. The van der Waals surface area contributed by atoms with Gasteiger partial charge >= 0.3 is 12.0 Å². The molecule has 0 radical (unpaired) electrons. The second kappa shape index (κ2) is 6.00. The highest BCUT2D eigenvalue weighted by atomic mass is 19.1. The summed E-state index contributed by atoms with van der Waals surface area (Å²) in [5, 5.41) is 13.3. The Kier molecular flexibility index (Phi) is 4.13. The minimum Gasteiger partial charge on any atom is -0.478 e. The fraction of sp³-hybridized carbons (Fsp3) is 0. The average molecular weight is 292 g/mol.